The summed E-state index contributed by atoms with van der Waals surface area (Å²) >= 11 is 0. The van der Waals surface area contributed by atoms with Gasteiger partial charge in [0.2, 0.25) is 0 Å². The Bertz CT molecular complexity index is 2720. The summed E-state index contributed by atoms with van der Waals surface area (Å²) in [4.78, 5) is 4.73. The molecule has 1 aliphatic rings. The lowest BCUT2D eigenvalue weighted by atomic mass is 9.82. The number of rotatable bonds is 8. The minimum absolute atomic E-state index is 0.271. The third-order valence-electron chi connectivity index (χ3n) is 11.5. The summed E-state index contributed by atoms with van der Waals surface area (Å²) in [7, 11) is 0. The zero-order valence-corrected chi connectivity index (χ0v) is 31.7. The molecule has 0 N–H and O–H groups in total. The standard InChI is InChI=1S/C55H42N2/c1-5-15-40(16-6-1)41-25-30-47(31-26-41)57(49-35-33-48(34-36-49)56(45-20-9-3-10-21-45)46-22-11-4-12-23-46)50-32-27-44-29-38-53-51-24-14-13-19-43(51)28-37-52(55(53)54(44)39-50)42-17-7-2-8-18-42/h1-27,29-36,38-39,52H,28,37H2. The smallest absolute Gasteiger partial charge is 0.0468 e. The Labute approximate surface area is 335 Å². The van der Waals surface area contributed by atoms with E-state index in [0.29, 0.717) is 0 Å². The first-order valence-electron chi connectivity index (χ1n) is 19.9. The fraction of sp³-hybridized carbons (Fsp3) is 0.0545. The highest BCUT2D eigenvalue weighted by molar-refractivity contribution is 5.97. The number of fused-ring (bicyclic) bond motifs is 5. The molecule has 9 aromatic rings. The zero-order valence-electron chi connectivity index (χ0n) is 31.7. The highest BCUT2D eigenvalue weighted by atomic mass is 15.2. The molecule has 0 fully saturated rings. The summed E-state index contributed by atoms with van der Waals surface area (Å²) in [5.41, 5.74) is 16.0. The normalized spacial score (nSPS) is 13.3. The van der Waals surface area contributed by atoms with Gasteiger partial charge in [0.25, 0.3) is 0 Å². The molecule has 2 nitrogen and oxygen atoms in total. The predicted molar refractivity (Wildman–Crippen MR) is 241 cm³/mol. The molecule has 0 amide bonds. The molecule has 0 bridgehead atoms. The van der Waals surface area contributed by atoms with E-state index in [1.807, 2.05) is 0 Å². The lowest BCUT2D eigenvalue weighted by Crippen LogP contribution is -2.12. The molecule has 57 heavy (non-hydrogen) atoms. The van der Waals surface area contributed by atoms with Crippen molar-refractivity contribution in [2.75, 3.05) is 9.80 Å². The van der Waals surface area contributed by atoms with Crippen LogP contribution >= 0.6 is 0 Å². The van der Waals surface area contributed by atoms with Crippen LogP contribution in [0.1, 0.15) is 29.0 Å². The molecular weight excluding hydrogens is 689 g/mol. The van der Waals surface area contributed by atoms with Crippen molar-refractivity contribution in [3.8, 4) is 22.3 Å². The van der Waals surface area contributed by atoms with Crippen LogP contribution in [0.15, 0.2) is 224 Å². The molecule has 0 radical (unpaired) electrons. The van der Waals surface area contributed by atoms with Crippen LogP contribution in [0.4, 0.5) is 34.1 Å². The van der Waals surface area contributed by atoms with E-state index < -0.39 is 0 Å². The Morgan fingerprint density at radius 2 is 0.807 bits per heavy atom. The van der Waals surface area contributed by atoms with Gasteiger partial charge >= 0.3 is 0 Å². The number of anilines is 6. The van der Waals surface area contributed by atoms with Gasteiger partial charge < -0.3 is 9.80 Å². The first kappa shape index (κ1) is 34.3. The Morgan fingerprint density at radius 3 is 1.44 bits per heavy atom. The number of hydrogen-bond donors (Lipinski definition) is 0. The van der Waals surface area contributed by atoms with Crippen molar-refractivity contribution in [2.45, 2.75) is 18.8 Å². The molecule has 272 valence electrons. The van der Waals surface area contributed by atoms with E-state index in [2.05, 4.69) is 234 Å². The molecule has 10 rings (SSSR count). The number of benzene rings is 9. The number of hydrogen-bond acceptors (Lipinski definition) is 2. The Hall–Kier alpha value is -7.16. The topological polar surface area (TPSA) is 6.48 Å². The van der Waals surface area contributed by atoms with Gasteiger partial charge in [-0.2, -0.15) is 0 Å². The monoisotopic (exact) mass is 730 g/mol. The molecule has 0 heterocycles. The van der Waals surface area contributed by atoms with Crippen molar-refractivity contribution in [3.63, 3.8) is 0 Å². The molecule has 1 unspecified atom stereocenters. The van der Waals surface area contributed by atoms with E-state index in [1.54, 1.807) is 0 Å². The van der Waals surface area contributed by atoms with Crippen LogP contribution in [0, 0.1) is 0 Å². The highest BCUT2D eigenvalue weighted by Gasteiger charge is 2.26. The average molecular weight is 731 g/mol. The first-order valence-corrected chi connectivity index (χ1v) is 19.9. The molecule has 1 aliphatic carbocycles. The second-order valence-corrected chi connectivity index (χ2v) is 14.9. The van der Waals surface area contributed by atoms with Gasteiger partial charge in [0, 0.05) is 40.0 Å². The van der Waals surface area contributed by atoms with E-state index >= 15 is 0 Å². The van der Waals surface area contributed by atoms with Crippen molar-refractivity contribution in [1.29, 1.82) is 0 Å². The quantitative estimate of drug-likeness (QED) is 0.154. The fourth-order valence-electron chi connectivity index (χ4n) is 8.78. The lowest BCUT2D eigenvalue weighted by Gasteiger charge is -2.29. The third kappa shape index (κ3) is 6.66. The van der Waals surface area contributed by atoms with Crippen LogP contribution in [0.2, 0.25) is 0 Å². The van der Waals surface area contributed by atoms with Crippen molar-refractivity contribution in [1.82, 2.24) is 0 Å². The van der Waals surface area contributed by atoms with Gasteiger partial charge in [-0.15, -0.1) is 0 Å². The molecule has 2 heteroatoms. The van der Waals surface area contributed by atoms with Crippen molar-refractivity contribution < 1.29 is 0 Å². The van der Waals surface area contributed by atoms with Gasteiger partial charge in [-0.05, 0) is 135 Å². The average Bonchev–Trinajstić information content (AvgIpc) is 3.46. The Kier molecular flexibility index (Phi) is 9.14. The summed E-state index contributed by atoms with van der Waals surface area (Å²) in [6, 6.07) is 81.7. The van der Waals surface area contributed by atoms with Crippen LogP contribution in [-0.4, -0.2) is 0 Å². The Balaban J connectivity index is 1.14. The van der Waals surface area contributed by atoms with E-state index in [1.165, 1.54) is 49.7 Å². The molecule has 0 spiro atoms. The maximum absolute atomic E-state index is 2.44. The van der Waals surface area contributed by atoms with Crippen molar-refractivity contribution in [3.05, 3.63) is 241 Å². The van der Waals surface area contributed by atoms with Gasteiger partial charge in [0.1, 0.15) is 0 Å². The summed E-state index contributed by atoms with van der Waals surface area (Å²) in [5.74, 6) is 0.271. The van der Waals surface area contributed by atoms with Crippen LogP contribution in [0.5, 0.6) is 0 Å². The van der Waals surface area contributed by atoms with Gasteiger partial charge in [0.05, 0.1) is 0 Å². The SMILES string of the molecule is c1ccc(-c2ccc(N(c3ccc(N(c4ccccc4)c4ccccc4)cc3)c3ccc4ccc5c(c4c3)C(c3ccccc3)CCc3ccccc3-5)cc2)cc1. The van der Waals surface area contributed by atoms with Crippen molar-refractivity contribution in [2.24, 2.45) is 0 Å². The van der Waals surface area contributed by atoms with E-state index in [9.17, 15) is 0 Å². The maximum Gasteiger partial charge on any atom is 0.0468 e. The summed E-state index contributed by atoms with van der Waals surface area (Å²) in [6.07, 6.45) is 2.10. The zero-order chi connectivity index (χ0) is 38.0. The molecule has 0 aromatic heterocycles. The molecule has 0 saturated heterocycles. The van der Waals surface area contributed by atoms with Gasteiger partial charge in [-0.1, -0.05) is 152 Å². The second kappa shape index (κ2) is 15.2. The largest absolute Gasteiger partial charge is 0.311 e. The molecular formula is C55H42N2. The van der Waals surface area contributed by atoms with Crippen LogP contribution < -0.4 is 9.80 Å². The van der Waals surface area contributed by atoms with Crippen LogP contribution in [0.25, 0.3) is 33.0 Å². The fourth-order valence-corrected chi connectivity index (χ4v) is 8.78. The lowest BCUT2D eigenvalue weighted by molar-refractivity contribution is 0.730. The molecule has 1 atom stereocenters. The van der Waals surface area contributed by atoms with Crippen LogP contribution in [0.3, 0.4) is 0 Å². The molecule has 0 aliphatic heterocycles. The highest BCUT2D eigenvalue weighted by Crippen LogP contribution is 2.47. The van der Waals surface area contributed by atoms with Gasteiger partial charge in [-0.25, -0.2) is 0 Å². The molecule has 0 saturated carbocycles. The van der Waals surface area contributed by atoms with E-state index in [4.69, 9.17) is 0 Å². The number of para-hydroxylation sites is 2. The first-order chi connectivity index (χ1) is 28.3. The Morgan fingerprint density at radius 1 is 0.351 bits per heavy atom. The van der Waals surface area contributed by atoms with E-state index in [0.717, 1.165) is 47.0 Å². The summed E-state index contributed by atoms with van der Waals surface area (Å²) in [6.45, 7) is 0. The minimum Gasteiger partial charge on any atom is -0.311 e. The van der Waals surface area contributed by atoms with E-state index in [-0.39, 0.29) is 5.92 Å². The minimum atomic E-state index is 0.271. The van der Waals surface area contributed by atoms with Gasteiger partial charge in [0.15, 0.2) is 0 Å². The third-order valence-corrected chi connectivity index (χ3v) is 11.5. The maximum atomic E-state index is 2.44. The summed E-state index contributed by atoms with van der Waals surface area (Å²) < 4.78 is 0. The predicted octanol–water partition coefficient (Wildman–Crippen LogP) is 15.2. The van der Waals surface area contributed by atoms with Gasteiger partial charge in [-0.3, -0.25) is 0 Å². The van der Waals surface area contributed by atoms with Crippen LogP contribution in [-0.2, 0) is 6.42 Å². The number of aryl methyl sites for hydroxylation is 1. The summed E-state index contributed by atoms with van der Waals surface area (Å²) in [5, 5.41) is 2.56. The van der Waals surface area contributed by atoms with Crippen molar-refractivity contribution >= 4 is 44.9 Å². The number of nitrogens with zero attached hydrogens (tertiary/aromatic N) is 2. The molecule has 9 aromatic carbocycles. The second-order valence-electron chi connectivity index (χ2n) is 14.9.